The monoisotopic (exact) mass is 251 g/mol. The fraction of sp³-hybridized carbons (Fsp3) is 0.583. The summed E-state index contributed by atoms with van der Waals surface area (Å²) in [5, 5.41) is 5.84. The highest BCUT2D eigenvalue weighted by atomic mass is 16.2. The van der Waals surface area contributed by atoms with Crippen LogP contribution >= 0.6 is 0 Å². The number of carbonyl (C=O) groups is 1. The molecule has 0 aliphatic heterocycles. The molecule has 0 atom stereocenters. The molecule has 0 fully saturated rings. The minimum Gasteiger partial charge on any atom is -0.355 e. The van der Waals surface area contributed by atoms with E-state index in [-0.39, 0.29) is 5.91 Å². The van der Waals surface area contributed by atoms with E-state index in [1.54, 1.807) is 6.20 Å². The van der Waals surface area contributed by atoms with E-state index in [1.807, 2.05) is 31.7 Å². The molecule has 0 bridgehead atoms. The first-order chi connectivity index (χ1) is 8.71. The maximum atomic E-state index is 11.6. The first-order valence-electron chi connectivity index (χ1n) is 6.29. The molecule has 1 aromatic rings. The highest BCUT2D eigenvalue weighted by Crippen LogP contribution is 2.11. The van der Waals surface area contributed by atoms with Crippen molar-refractivity contribution < 1.29 is 4.79 Å². The minimum absolute atomic E-state index is 0.00274. The fourth-order valence-electron chi connectivity index (χ4n) is 1.55. The number of nitrogens with zero attached hydrogens (tertiary/aromatic N) is 3. The molecule has 1 heterocycles. The van der Waals surface area contributed by atoms with Crippen molar-refractivity contribution in [3.63, 3.8) is 0 Å². The van der Waals surface area contributed by atoms with Crippen molar-refractivity contribution in [2.45, 2.75) is 20.8 Å². The van der Waals surface area contributed by atoms with Gasteiger partial charge in [-0.15, -0.1) is 0 Å². The van der Waals surface area contributed by atoms with Gasteiger partial charge in [0, 0.05) is 25.8 Å². The van der Waals surface area contributed by atoms with Crippen molar-refractivity contribution in [2.75, 3.05) is 36.4 Å². The number of carbonyl (C=O) groups excluding carboxylic acids is 1. The second kappa shape index (κ2) is 7.47. The topological polar surface area (TPSA) is 70.2 Å². The van der Waals surface area contributed by atoms with E-state index in [4.69, 9.17) is 0 Å². The molecule has 100 valence electrons. The van der Waals surface area contributed by atoms with Crippen LogP contribution in [0.1, 0.15) is 20.8 Å². The zero-order valence-corrected chi connectivity index (χ0v) is 11.2. The standard InChI is InChI=1S/C12H21N5O/c1-4-13-11(18)9-17(6-3)10-7-8-15-12(16-10)14-5-2/h7-8H,4-6,9H2,1-3H3,(H,13,18)(H,14,15,16). The smallest absolute Gasteiger partial charge is 0.239 e. The Hall–Kier alpha value is -1.85. The predicted octanol–water partition coefficient (Wildman–Crippen LogP) is 0.871. The average Bonchev–Trinajstić information content (AvgIpc) is 2.37. The van der Waals surface area contributed by atoms with Gasteiger partial charge in [0.2, 0.25) is 11.9 Å². The van der Waals surface area contributed by atoms with Crippen LogP contribution in [0, 0.1) is 0 Å². The molecule has 1 rings (SSSR count). The molecule has 18 heavy (non-hydrogen) atoms. The Kier molecular flexibility index (Phi) is 5.90. The summed E-state index contributed by atoms with van der Waals surface area (Å²) in [6.07, 6.45) is 1.70. The Morgan fingerprint density at radius 3 is 2.72 bits per heavy atom. The molecule has 6 heteroatoms. The highest BCUT2D eigenvalue weighted by Gasteiger charge is 2.11. The van der Waals surface area contributed by atoms with Gasteiger partial charge in [0.05, 0.1) is 6.54 Å². The van der Waals surface area contributed by atoms with Crippen LogP contribution < -0.4 is 15.5 Å². The van der Waals surface area contributed by atoms with Crippen LogP contribution in [0.5, 0.6) is 0 Å². The third-order valence-corrected chi connectivity index (χ3v) is 2.39. The SMILES string of the molecule is CCNC(=O)CN(CC)c1ccnc(NCC)n1. The Morgan fingerprint density at radius 1 is 1.33 bits per heavy atom. The van der Waals surface area contributed by atoms with Crippen molar-refractivity contribution in [1.82, 2.24) is 15.3 Å². The summed E-state index contributed by atoms with van der Waals surface area (Å²) >= 11 is 0. The molecule has 1 amide bonds. The number of amides is 1. The summed E-state index contributed by atoms with van der Waals surface area (Å²) in [4.78, 5) is 22.0. The Balaban J connectivity index is 2.74. The summed E-state index contributed by atoms with van der Waals surface area (Å²) in [7, 11) is 0. The Morgan fingerprint density at radius 2 is 2.11 bits per heavy atom. The Labute approximate surface area is 108 Å². The zero-order valence-electron chi connectivity index (χ0n) is 11.2. The molecule has 2 N–H and O–H groups in total. The van der Waals surface area contributed by atoms with Crippen LogP contribution in [0.4, 0.5) is 11.8 Å². The van der Waals surface area contributed by atoms with E-state index in [9.17, 15) is 4.79 Å². The number of rotatable bonds is 7. The van der Waals surface area contributed by atoms with E-state index in [2.05, 4.69) is 20.6 Å². The number of hydrogen-bond acceptors (Lipinski definition) is 5. The lowest BCUT2D eigenvalue weighted by Crippen LogP contribution is -2.37. The van der Waals surface area contributed by atoms with E-state index in [0.29, 0.717) is 19.0 Å². The second-order valence-electron chi connectivity index (χ2n) is 3.74. The van der Waals surface area contributed by atoms with E-state index >= 15 is 0 Å². The number of likely N-dealkylation sites (N-methyl/N-ethyl adjacent to an activating group) is 2. The zero-order chi connectivity index (χ0) is 13.4. The van der Waals surface area contributed by atoms with Crippen LogP contribution in [-0.2, 0) is 4.79 Å². The lowest BCUT2D eigenvalue weighted by atomic mass is 10.4. The van der Waals surface area contributed by atoms with Crippen LogP contribution in [0.25, 0.3) is 0 Å². The first kappa shape index (κ1) is 14.2. The molecule has 0 saturated heterocycles. The molecule has 0 saturated carbocycles. The molecular weight excluding hydrogens is 230 g/mol. The van der Waals surface area contributed by atoms with Crippen LogP contribution in [-0.4, -0.2) is 42.1 Å². The number of hydrogen-bond donors (Lipinski definition) is 2. The van der Waals surface area contributed by atoms with Gasteiger partial charge in [0.1, 0.15) is 5.82 Å². The molecule has 1 aromatic heterocycles. The predicted molar refractivity (Wildman–Crippen MR) is 72.8 cm³/mol. The van der Waals surface area contributed by atoms with Gasteiger partial charge < -0.3 is 15.5 Å². The molecule has 0 aromatic carbocycles. The molecule has 0 spiro atoms. The largest absolute Gasteiger partial charge is 0.355 e. The van der Waals surface area contributed by atoms with Gasteiger partial charge in [0.15, 0.2) is 0 Å². The van der Waals surface area contributed by atoms with Crippen LogP contribution in [0.15, 0.2) is 12.3 Å². The molecule has 0 radical (unpaired) electrons. The van der Waals surface area contributed by atoms with Gasteiger partial charge in [-0.1, -0.05) is 0 Å². The average molecular weight is 251 g/mol. The third-order valence-electron chi connectivity index (χ3n) is 2.39. The quantitative estimate of drug-likeness (QED) is 0.752. The van der Waals surface area contributed by atoms with E-state index in [1.165, 1.54) is 0 Å². The normalized spacial score (nSPS) is 9.94. The first-order valence-corrected chi connectivity index (χ1v) is 6.29. The molecular formula is C12H21N5O. The molecule has 0 aliphatic rings. The molecule has 6 nitrogen and oxygen atoms in total. The van der Waals surface area contributed by atoms with E-state index < -0.39 is 0 Å². The summed E-state index contributed by atoms with van der Waals surface area (Å²) < 4.78 is 0. The summed E-state index contributed by atoms with van der Waals surface area (Å²) in [5.74, 6) is 1.35. The maximum Gasteiger partial charge on any atom is 0.239 e. The summed E-state index contributed by atoms with van der Waals surface area (Å²) in [5.41, 5.74) is 0. The summed E-state index contributed by atoms with van der Waals surface area (Å²) in [6.45, 7) is 8.33. The Bertz CT molecular complexity index is 382. The molecule has 0 unspecified atom stereocenters. The maximum absolute atomic E-state index is 11.6. The van der Waals surface area contributed by atoms with Gasteiger partial charge in [-0.3, -0.25) is 4.79 Å². The van der Waals surface area contributed by atoms with Crippen molar-refractivity contribution >= 4 is 17.7 Å². The van der Waals surface area contributed by atoms with E-state index in [0.717, 1.165) is 18.9 Å². The van der Waals surface area contributed by atoms with Crippen LogP contribution in [0.2, 0.25) is 0 Å². The molecule has 0 aliphatic carbocycles. The van der Waals surface area contributed by atoms with Gasteiger partial charge >= 0.3 is 0 Å². The lowest BCUT2D eigenvalue weighted by molar-refractivity contribution is -0.119. The van der Waals surface area contributed by atoms with Crippen molar-refractivity contribution in [3.8, 4) is 0 Å². The van der Waals surface area contributed by atoms with Crippen molar-refractivity contribution in [1.29, 1.82) is 0 Å². The van der Waals surface area contributed by atoms with Gasteiger partial charge in [-0.2, -0.15) is 4.98 Å². The number of aromatic nitrogens is 2. The lowest BCUT2D eigenvalue weighted by Gasteiger charge is -2.21. The number of anilines is 2. The minimum atomic E-state index is 0.00274. The third kappa shape index (κ3) is 4.20. The fourth-order valence-corrected chi connectivity index (χ4v) is 1.55. The van der Waals surface area contributed by atoms with Gasteiger partial charge in [-0.25, -0.2) is 4.98 Å². The van der Waals surface area contributed by atoms with Crippen molar-refractivity contribution in [2.24, 2.45) is 0 Å². The number of nitrogens with one attached hydrogen (secondary N) is 2. The van der Waals surface area contributed by atoms with Crippen LogP contribution in [0.3, 0.4) is 0 Å². The summed E-state index contributed by atoms with van der Waals surface area (Å²) in [6, 6.07) is 1.81. The van der Waals surface area contributed by atoms with Gasteiger partial charge in [-0.05, 0) is 26.8 Å². The highest BCUT2D eigenvalue weighted by molar-refractivity contribution is 5.80. The van der Waals surface area contributed by atoms with Gasteiger partial charge in [0.25, 0.3) is 0 Å². The second-order valence-corrected chi connectivity index (χ2v) is 3.74. The van der Waals surface area contributed by atoms with Crippen molar-refractivity contribution in [3.05, 3.63) is 12.3 Å².